The van der Waals surface area contributed by atoms with E-state index in [1.165, 1.54) is 167 Å². The van der Waals surface area contributed by atoms with Gasteiger partial charge in [0.1, 0.15) is 6.10 Å². The van der Waals surface area contributed by atoms with Crippen LogP contribution < -0.4 is 0 Å². The highest BCUT2D eigenvalue weighted by Gasteiger charge is 2.10. The van der Waals surface area contributed by atoms with E-state index < -0.39 is 0 Å². The van der Waals surface area contributed by atoms with Gasteiger partial charge in [-0.15, -0.1) is 0 Å². The number of ether oxygens (including phenoxy) is 3. The van der Waals surface area contributed by atoms with Crippen molar-refractivity contribution in [3.8, 4) is 6.07 Å². The van der Waals surface area contributed by atoms with Crippen LogP contribution in [0.1, 0.15) is 206 Å². The van der Waals surface area contributed by atoms with E-state index in [1.807, 2.05) is 0 Å². The Kier molecular flexibility index (Phi) is 38.8. The zero-order chi connectivity index (χ0) is 31.2. The molecule has 0 aliphatic carbocycles. The summed E-state index contributed by atoms with van der Waals surface area (Å²) in [5, 5.41) is 8.80. The highest BCUT2D eigenvalue weighted by Crippen LogP contribution is 2.14. The van der Waals surface area contributed by atoms with E-state index in [-0.39, 0.29) is 6.10 Å². The fraction of sp³-hybridized carbons (Fsp3) is 0.974. The van der Waals surface area contributed by atoms with Crippen LogP contribution in [-0.2, 0) is 14.2 Å². The van der Waals surface area contributed by atoms with Crippen molar-refractivity contribution in [1.82, 2.24) is 0 Å². The van der Waals surface area contributed by atoms with Gasteiger partial charge in [-0.3, -0.25) is 0 Å². The van der Waals surface area contributed by atoms with Gasteiger partial charge in [0.2, 0.25) is 0 Å². The summed E-state index contributed by atoms with van der Waals surface area (Å²) >= 11 is 0. The Balaban J connectivity index is 3.60. The molecule has 0 saturated carbocycles. The molecule has 0 fully saturated rings. The van der Waals surface area contributed by atoms with Gasteiger partial charge in [-0.25, -0.2) is 0 Å². The number of hydrogen-bond donors (Lipinski definition) is 0. The van der Waals surface area contributed by atoms with Gasteiger partial charge in [-0.05, 0) is 19.3 Å². The summed E-state index contributed by atoms with van der Waals surface area (Å²) < 4.78 is 17.9. The van der Waals surface area contributed by atoms with Crippen molar-refractivity contribution in [2.45, 2.75) is 213 Å². The average Bonchev–Trinajstić information content (AvgIpc) is 3.02. The van der Waals surface area contributed by atoms with E-state index >= 15 is 0 Å². The molecule has 0 aliphatic rings. The Labute approximate surface area is 270 Å². The third-order valence-electron chi connectivity index (χ3n) is 8.68. The molecular formula is C39H77NO3. The molecule has 0 amide bonds. The molecule has 256 valence electrons. The molecule has 0 radical (unpaired) electrons. The maximum absolute atomic E-state index is 8.80. The first kappa shape index (κ1) is 42.4. The van der Waals surface area contributed by atoms with Crippen LogP contribution in [0.25, 0.3) is 0 Å². The molecule has 0 aliphatic heterocycles. The summed E-state index contributed by atoms with van der Waals surface area (Å²) in [5.41, 5.74) is 0. The van der Waals surface area contributed by atoms with E-state index in [4.69, 9.17) is 19.5 Å². The highest BCUT2D eigenvalue weighted by atomic mass is 16.6. The second kappa shape index (κ2) is 39.4. The van der Waals surface area contributed by atoms with E-state index in [0.717, 1.165) is 32.5 Å². The quantitative estimate of drug-likeness (QED) is 0.0655. The first-order valence-corrected chi connectivity index (χ1v) is 19.5. The van der Waals surface area contributed by atoms with Crippen molar-refractivity contribution in [3.05, 3.63) is 0 Å². The van der Waals surface area contributed by atoms with Gasteiger partial charge in [0, 0.05) is 26.2 Å². The molecule has 0 unspecified atom stereocenters. The van der Waals surface area contributed by atoms with Gasteiger partial charge in [0.25, 0.3) is 0 Å². The number of unbranched alkanes of at least 4 members (excludes halogenated alkanes) is 27. The smallest absolute Gasteiger partial charge is 0.104 e. The lowest BCUT2D eigenvalue weighted by Crippen LogP contribution is -2.26. The summed E-state index contributed by atoms with van der Waals surface area (Å²) in [4.78, 5) is 0. The van der Waals surface area contributed by atoms with Gasteiger partial charge in [-0.2, -0.15) is 5.26 Å². The first-order valence-electron chi connectivity index (χ1n) is 19.5. The van der Waals surface area contributed by atoms with Crippen molar-refractivity contribution < 1.29 is 14.2 Å². The molecule has 0 spiro atoms. The zero-order valence-corrected chi connectivity index (χ0v) is 29.5. The molecule has 4 nitrogen and oxygen atoms in total. The van der Waals surface area contributed by atoms with Crippen LogP contribution in [0.15, 0.2) is 0 Å². The molecule has 0 rings (SSSR count). The lowest BCUT2D eigenvalue weighted by Gasteiger charge is -2.18. The Morgan fingerprint density at radius 2 is 0.698 bits per heavy atom. The summed E-state index contributed by atoms with van der Waals surface area (Å²) in [7, 11) is 0. The standard InChI is InChI=1S/C39H77NO3/c1-3-5-7-9-11-13-15-17-19-21-23-25-27-30-34-41-37-39(43-36-32-29-33-40)38-42-35-31-28-26-24-22-20-18-16-14-12-10-8-6-4-2/h39H,3-32,34-38H2,1-2H3. The fourth-order valence-corrected chi connectivity index (χ4v) is 5.77. The minimum Gasteiger partial charge on any atom is -0.379 e. The van der Waals surface area contributed by atoms with Gasteiger partial charge in [-0.1, -0.05) is 181 Å². The Bertz CT molecular complexity index is 499. The van der Waals surface area contributed by atoms with E-state index in [2.05, 4.69) is 19.9 Å². The van der Waals surface area contributed by atoms with E-state index in [0.29, 0.717) is 26.2 Å². The van der Waals surface area contributed by atoms with Gasteiger partial charge in [0.05, 0.1) is 19.3 Å². The first-order chi connectivity index (χ1) is 21.3. The average molecular weight is 608 g/mol. The fourth-order valence-electron chi connectivity index (χ4n) is 5.77. The second-order valence-corrected chi connectivity index (χ2v) is 13.1. The summed E-state index contributed by atoms with van der Waals surface area (Å²) in [6, 6.07) is 2.20. The third-order valence-corrected chi connectivity index (χ3v) is 8.68. The van der Waals surface area contributed by atoms with Crippen LogP contribution in [0, 0.1) is 11.3 Å². The second-order valence-electron chi connectivity index (χ2n) is 13.1. The van der Waals surface area contributed by atoms with Crippen molar-refractivity contribution in [3.63, 3.8) is 0 Å². The minimum atomic E-state index is -0.0167. The largest absolute Gasteiger partial charge is 0.379 e. The molecular weight excluding hydrogens is 530 g/mol. The minimum absolute atomic E-state index is 0.0167. The Morgan fingerprint density at radius 1 is 0.395 bits per heavy atom. The highest BCUT2D eigenvalue weighted by molar-refractivity contribution is 4.68. The summed E-state index contributed by atoms with van der Waals surface area (Å²) in [6.45, 7) is 8.02. The van der Waals surface area contributed by atoms with Gasteiger partial charge in [0.15, 0.2) is 0 Å². The third kappa shape index (κ3) is 37.5. The monoisotopic (exact) mass is 608 g/mol. The molecule has 0 aromatic carbocycles. The van der Waals surface area contributed by atoms with Crippen LogP contribution in [0.3, 0.4) is 0 Å². The summed E-state index contributed by atoms with van der Waals surface area (Å²) in [6.07, 6.45) is 39.9. The summed E-state index contributed by atoms with van der Waals surface area (Å²) in [5.74, 6) is 0. The molecule has 43 heavy (non-hydrogen) atoms. The number of hydrogen-bond acceptors (Lipinski definition) is 4. The predicted molar refractivity (Wildman–Crippen MR) is 187 cm³/mol. The molecule has 0 heterocycles. The molecule has 0 N–H and O–H groups in total. The van der Waals surface area contributed by atoms with Crippen LogP contribution in [0.4, 0.5) is 0 Å². The maximum atomic E-state index is 8.80. The molecule has 0 aromatic heterocycles. The molecule has 0 aromatic rings. The molecule has 0 atom stereocenters. The topological polar surface area (TPSA) is 51.5 Å². The van der Waals surface area contributed by atoms with Crippen LogP contribution >= 0.6 is 0 Å². The molecule has 0 saturated heterocycles. The van der Waals surface area contributed by atoms with Gasteiger partial charge < -0.3 is 14.2 Å². The predicted octanol–water partition coefficient (Wildman–Crippen LogP) is 12.7. The van der Waals surface area contributed by atoms with Crippen LogP contribution in [-0.4, -0.2) is 39.1 Å². The molecule has 4 heteroatoms. The Morgan fingerprint density at radius 3 is 1.00 bits per heavy atom. The Hall–Kier alpha value is -0.630. The van der Waals surface area contributed by atoms with Crippen molar-refractivity contribution in [2.75, 3.05) is 33.0 Å². The van der Waals surface area contributed by atoms with E-state index in [9.17, 15) is 0 Å². The zero-order valence-electron chi connectivity index (χ0n) is 29.5. The van der Waals surface area contributed by atoms with E-state index in [1.54, 1.807) is 0 Å². The number of rotatable bonds is 38. The number of nitrogens with zero attached hydrogens (tertiary/aromatic N) is 1. The van der Waals surface area contributed by atoms with Crippen molar-refractivity contribution in [2.24, 2.45) is 0 Å². The van der Waals surface area contributed by atoms with Crippen LogP contribution in [0.5, 0.6) is 0 Å². The van der Waals surface area contributed by atoms with Crippen LogP contribution in [0.2, 0.25) is 0 Å². The molecule has 0 bridgehead atoms. The van der Waals surface area contributed by atoms with Crippen molar-refractivity contribution in [1.29, 1.82) is 5.26 Å². The SMILES string of the molecule is CCCCCCCCCCCCCCCCOCC(COCCCCCCCCCCCCCCCC)OCCCC#N. The van der Waals surface area contributed by atoms with Crippen molar-refractivity contribution >= 4 is 0 Å². The normalized spacial score (nSPS) is 11.5. The number of nitriles is 1. The lowest BCUT2D eigenvalue weighted by molar-refractivity contribution is -0.0610. The maximum Gasteiger partial charge on any atom is 0.104 e. The van der Waals surface area contributed by atoms with Gasteiger partial charge >= 0.3 is 0 Å². The lowest BCUT2D eigenvalue weighted by atomic mass is 10.0.